The summed E-state index contributed by atoms with van der Waals surface area (Å²) in [6.07, 6.45) is -3.32. The number of alkyl halides is 3. The zero-order valence-electron chi connectivity index (χ0n) is 15.8. The number of carbonyl (C=O) groups is 1. The number of hydrogen-bond acceptors (Lipinski definition) is 5. The van der Waals surface area contributed by atoms with Gasteiger partial charge in [-0.3, -0.25) is 9.52 Å². The average molecular weight is 451 g/mol. The Morgan fingerprint density at radius 3 is 2.16 bits per heavy atom. The fourth-order valence-corrected chi connectivity index (χ4v) is 3.48. The van der Waals surface area contributed by atoms with Gasteiger partial charge in [-0.2, -0.15) is 13.2 Å². The highest BCUT2D eigenvalue weighted by molar-refractivity contribution is 7.92. The summed E-state index contributed by atoms with van der Waals surface area (Å²) >= 11 is 0. The van der Waals surface area contributed by atoms with Crippen LogP contribution < -0.4 is 14.8 Å². The molecule has 1 aromatic heterocycles. The van der Waals surface area contributed by atoms with Gasteiger partial charge in [0.25, 0.3) is 15.9 Å². The van der Waals surface area contributed by atoms with Crippen molar-refractivity contribution in [2.75, 3.05) is 16.6 Å². The van der Waals surface area contributed by atoms with E-state index in [0.717, 1.165) is 6.20 Å². The smallest absolute Gasteiger partial charge is 0.422 e. The molecule has 0 bridgehead atoms. The maximum Gasteiger partial charge on any atom is 0.422 e. The fourth-order valence-electron chi connectivity index (χ4n) is 2.40. The summed E-state index contributed by atoms with van der Waals surface area (Å²) in [7, 11) is -3.75. The third-order valence-corrected chi connectivity index (χ3v) is 5.23. The van der Waals surface area contributed by atoms with Crippen molar-refractivity contribution in [2.24, 2.45) is 0 Å². The molecule has 0 radical (unpaired) electrons. The van der Waals surface area contributed by atoms with E-state index in [1.54, 1.807) is 18.2 Å². The molecule has 0 aliphatic heterocycles. The maximum atomic E-state index is 12.3. The summed E-state index contributed by atoms with van der Waals surface area (Å²) < 4.78 is 68.0. The average Bonchev–Trinajstić information content (AvgIpc) is 2.73. The van der Waals surface area contributed by atoms with E-state index in [0.29, 0.717) is 0 Å². The van der Waals surface area contributed by atoms with Crippen LogP contribution in [0.15, 0.2) is 77.8 Å². The van der Waals surface area contributed by atoms with Gasteiger partial charge in [-0.15, -0.1) is 0 Å². The molecule has 0 saturated carbocycles. The van der Waals surface area contributed by atoms with Crippen molar-refractivity contribution < 1.29 is 31.1 Å². The molecular weight excluding hydrogens is 435 g/mol. The zero-order valence-corrected chi connectivity index (χ0v) is 16.6. The molecular formula is C20H16F3N3O4S. The van der Waals surface area contributed by atoms with E-state index in [4.69, 9.17) is 0 Å². The van der Waals surface area contributed by atoms with Crippen molar-refractivity contribution >= 4 is 27.3 Å². The standard InChI is InChI=1S/C20H16F3N3O4S/c21-20(22,23)13-30-18-11-10-16(12-24-18)25-19(27)14-6-8-15(9-7-14)26-31(28,29)17-4-2-1-3-5-17/h1-12,26H,13H2,(H,25,27). The van der Waals surface area contributed by atoms with Gasteiger partial charge in [0, 0.05) is 17.3 Å². The van der Waals surface area contributed by atoms with E-state index in [-0.39, 0.29) is 27.7 Å². The molecule has 0 fully saturated rings. The van der Waals surface area contributed by atoms with Crippen molar-refractivity contribution in [3.63, 3.8) is 0 Å². The molecule has 0 saturated heterocycles. The molecule has 3 aromatic rings. The largest absolute Gasteiger partial charge is 0.468 e. The summed E-state index contributed by atoms with van der Waals surface area (Å²) in [5.74, 6) is -0.742. The van der Waals surface area contributed by atoms with Crippen LogP contribution in [0.25, 0.3) is 0 Å². The lowest BCUT2D eigenvalue weighted by Gasteiger charge is -2.10. The quantitative estimate of drug-likeness (QED) is 0.564. The van der Waals surface area contributed by atoms with Crippen molar-refractivity contribution in [2.45, 2.75) is 11.1 Å². The summed E-state index contributed by atoms with van der Waals surface area (Å²) in [5, 5.41) is 2.53. The van der Waals surface area contributed by atoms with Gasteiger partial charge < -0.3 is 10.1 Å². The van der Waals surface area contributed by atoms with Crippen LogP contribution in [0, 0.1) is 0 Å². The minimum atomic E-state index is -4.48. The number of nitrogens with one attached hydrogen (secondary N) is 2. The summed E-state index contributed by atoms with van der Waals surface area (Å²) in [6.45, 7) is -1.47. The summed E-state index contributed by atoms with van der Waals surface area (Å²) in [5.41, 5.74) is 0.756. The second-order valence-electron chi connectivity index (χ2n) is 6.24. The van der Waals surface area contributed by atoms with Crippen LogP contribution in [0.4, 0.5) is 24.5 Å². The number of halogens is 3. The highest BCUT2D eigenvalue weighted by Gasteiger charge is 2.28. The van der Waals surface area contributed by atoms with E-state index >= 15 is 0 Å². The van der Waals surface area contributed by atoms with Gasteiger partial charge in [0.2, 0.25) is 5.88 Å². The minimum absolute atomic E-state index is 0.104. The lowest BCUT2D eigenvalue weighted by Crippen LogP contribution is -2.19. The Balaban J connectivity index is 1.60. The third-order valence-electron chi connectivity index (χ3n) is 3.83. The minimum Gasteiger partial charge on any atom is -0.468 e. The van der Waals surface area contributed by atoms with Crippen LogP contribution in [0.1, 0.15) is 10.4 Å². The number of sulfonamides is 1. The van der Waals surface area contributed by atoms with Gasteiger partial charge in [-0.25, -0.2) is 13.4 Å². The first-order valence-corrected chi connectivity index (χ1v) is 10.3. The molecule has 162 valence electrons. The molecule has 2 N–H and O–H groups in total. The van der Waals surface area contributed by atoms with Gasteiger partial charge in [0.1, 0.15) is 0 Å². The second kappa shape index (κ2) is 9.04. The summed E-state index contributed by atoms with van der Waals surface area (Å²) in [6, 6.07) is 16.1. The number of carbonyl (C=O) groups excluding carboxylic acids is 1. The van der Waals surface area contributed by atoms with E-state index < -0.39 is 28.7 Å². The first-order chi connectivity index (χ1) is 14.6. The molecule has 0 atom stereocenters. The normalized spacial score (nSPS) is 11.6. The number of nitrogens with zero attached hydrogens (tertiary/aromatic N) is 1. The van der Waals surface area contributed by atoms with Crippen LogP contribution in [0.2, 0.25) is 0 Å². The monoisotopic (exact) mass is 451 g/mol. The first kappa shape index (κ1) is 22.1. The molecule has 2 aromatic carbocycles. The lowest BCUT2D eigenvalue weighted by molar-refractivity contribution is -0.154. The third kappa shape index (κ3) is 6.44. The first-order valence-electron chi connectivity index (χ1n) is 8.77. The molecule has 0 spiro atoms. The van der Waals surface area contributed by atoms with Gasteiger partial charge in [-0.05, 0) is 42.5 Å². The number of pyridine rings is 1. The van der Waals surface area contributed by atoms with Crippen LogP contribution >= 0.6 is 0 Å². The molecule has 31 heavy (non-hydrogen) atoms. The number of benzene rings is 2. The Kier molecular flexibility index (Phi) is 6.44. The fraction of sp³-hybridized carbons (Fsp3) is 0.100. The predicted octanol–water partition coefficient (Wildman–Crippen LogP) is 4.08. The molecule has 0 unspecified atom stereocenters. The van der Waals surface area contributed by atoms with E-state index in [1.807, 2.05) is 0 Å². The predicted molar refractivity (Wildman–Crippen MR) is 107 cm³/mol. The van der Waals surface area contributed by atoms with E-state index in [2.05, 4.69) is 19.8 Å². The van der Waals surface area contributed by atoms with Crippen LogP contribution in [0.5, 0.6) is 5.88 Å². The Labute approximate surface area is 175 Å². The number of anilines is 2. The van der Waals surface area contributed by atoms with Crippen LogP contribution in [-0.2, 0) is 10.0 Å². The molecule has 1 heterocycles. The maximum absolute atomic E-state index is 12.3. The van der Waals surface area contributed by atoms with Crippen molar-refractivity contribution in [3.05, 3.63) is 78.5 Å². The number of aromatic nitrogens is 1. The topological polar surface area (TPSA) is 97.4 Å². The molecule has 0 aliphatic rings. The molecule has 11 heteroatoms. The molecule has 0 aliphatic carbocycles. The van der Waals surface area contributed by atoms with Gasteiger partial charge in [0.15, 0.2) is 6.61 Å². The van der Waals surface area contributed by atoms with Gasteiger partial charge >= 0.3 is 6.18 Å². The number of rotatable bonds is 7. The van der Waals surface area contributed by atoms with Crippen LogP contribution in [-0.4, -0.2) is 32.1 Å². The number of ether oxygens (including phenoxy) is 1. The summed E-state index contributed by atoms with van der Waals surface area (Å²) in [4.78, 5) is 16.1. The van der Waals surface area contributed by atoms with Crippen molar-refractivity contribution in [3.8, 4) is 5.88 Å². The van der Waals surface area contributed by atoms with E-state index in [9.17, 15) is 26.4 Å². The second-order valence-corrected chi connectivity index (χ2v) is 7.92. The molecule has 3 rings (SSSR count). The van der Waals surface area contributed by atoms with Gasteiger partial charge in [-0.1, -0.05) is 18.2 Å². The van der Waals surface area contributed by atoms with Crippen molar-refractivity contribution in [1.82, 2.24) is 4.98 Å². The Morgan fingerprint density at radius 2 is 1.58 bits per heavy atom. The van der Waals surface area contributed by atoms with E-state index in [1.165, 1.54) is 48.5 Å². The Bertz CT molecular complexity index is 1140. The highest BCUT2D eigenvalue weighted by atomic mass is 32.2. The Hall–Kier alpha value is -3.60. The number of hydrogen-bond donors (Lipinski definition) is 2. The van der Waals surface area contributed by atoms with Crippen LogP contribution in [0.3, 0.4) is 0 Å². The van der Waals surface area contributed by atoms with Crippen molar-refractivity contribution in [1.29, 1.82) is 0 Å². The molecule has 7 nitrogen and oxygen atoms in total. The number of amides is 1. The lowest BCUT2D eigenvalue weighted by atomic mass is 10.2. The highest BCUT2D eigenvalue weighted by Crippen LogP contribution is 2.19. The molecule has 1 amide bonds. The Morgan fingerprint density at radius 1 is 0.935 bits per heavy atom. The van der Waals surface area contributed by atoms with Gasteiger partial charge in [0.05, 0.1) is 16.8 Å². The zero-order chi connectivity index (χ0) is 22.5. The SMILES string of the molecule is O=C(Nc1ccc(OCC(F)(F)F)nc1)c1ccc(NS(=O)(=O)c2ccccc2)cc1.